The maximum absolute atomic E-state index is 3.49. The maximum atomic E-state index is 3.49. The van der Waals surface area contributed by atoms with Crippen LogP contribution in [0.3, 0.4) is 0 Å². The van der Waals surface area contributed by atoms with Gasteiger partial charge in [0.2, 0.25) is 0 Å². The number of nitrogens with one attached hydrogen (secondary N) is 5. The highest BCUT2D eigenvalue weighted by Gasteiger charge is 1.93. The Morgan fingerprint density at radius 1 is 0.263 bits per heavy atom. The summed E-state index contributed by atoms with van der Waals surface area (Å²) < 4.78 is 0. The van der Waals surface area contributed by atoms with Crippen molar-refractivity contribution < 1.29 is 0 Å². The maximum Gasteiger partial charge on any atom is 0.00772 e. The predicted molar refractivity (Wildman–Crippen MR) is 82.8 cm³/mol. The zero-order chi connectivity index (χ0) is 13.4. The highest BCUT2D eigenvalue weighted by molar-refractivity contribution is 4.59. The lowest BCUT2D eigenvalue weighted by atomic mass is 10.2. The zero-order valence-electron chi connectivity index (χ0n) is 12.4. The van der Waals surface area contributed by atoms with Gasteiger partial charge in [-0.05, 0) is 25.9 Å². The van der Waals surface area contributed by atoms with Crippen molar-refractivity contribution >= 4 is 0 Å². The van der Waals surface area contributed by atoms with E-state index >= 15 is 0 Å². The molecule has 1 heterocycles. The van der Waals surface area contributed by atoms with Crippen LogP contribution >= 0.6 is 0 Å². The van der Waals surface area contributed by atoms with E-state index in [1.807, 2.05) is 0 Å². The third-order valence-corrected chi connectivity index (χ3v) is 3.37. The van der Waals surface area contributed by atoms with Crippen LogP contribution < -0.4 is 26.6 Å². The Morgan fingerprint density at radius 3 is 0.842 bits per heavy atom. The molecule has 0 unspecified atom stereocenters. The highest BCUT2D eigenvalue weighted by atomic mass is 15.0. The molecule has 1 aliphatic rings. The molecule has 0 spiro atoms. The minimum atomic E-state index is 1.06. The van der Waals surface area contributed by atoms with Crippen molar-refractivity contribution in [3.05, 3.63) is 0 Å². The number of rotatable bonds is 0. The van der Waals surface area contributed by atoms with Gasteiger partial charge in [-0.1, -0.05) is 12.8 Å². The molecular formula is C14H33N5. The Hall–Kier alpha value is -0.200. The molecule has 1 rings (SSSR count). The lowest BCUT2D eigenvalue weighted by Gasteiger charge is -2.08. The van der Waals surface area contributed by atoms with E-state index in [4.69, 9.17) is 0 Å². The normalized spacial score (nSPS) is 24.0. The number of hydrogen-bond acceptors (Lipinski definition) is 5. The van der Waals surface area contributed by atoms with Crippen molar-refractivity contribution in [2.45, 2.75) is 25.7 Å². The summed E-state index contributed by atoms with van der Waals surface area (Å²) in [4.78, 5) is 0. The molecule has 1 aliphatic heterocycles. The van der Waals surface area contributed by atoms with Gasteiger partial charge in [0, 0.05) is 52.4 Å². The molecule has 114 valence electrons. The first-order valence-corrected chi connectivity index (χ1v) is 8.04. The highest BCUT2D eigenvalue weighted by Crippen LogP contribution is 1.97. The summed E-state index contributed by atoms with van der Waals surface area (Å²) in [5, 5.41) is 17.3. The van der Waals surface area contributed by atoms with Crippen LogP contribution in [0.2, 0.25) is 0 Å². The second-order valence-corrected chi connectivity index (χ2v) is 5.16. The van der Waals surface area contributed by atoms with E-state index in [0.29, 0.717) is 0 Å². The molecular weight excluding hydrogens is 238 g/mol. The molecule has 0 aromatic rings. The van der Waals surface area contributed by atoms with Crippen molar-refractivity contribution in [1.82, 2.24) is 26.6 Å². The summed E-state index contributed by atoms with van der Waals surface area (Å²) in [5.41, 5.74) is 0. The van der Waals surface area contributed by atoms with E-state index in [1.165, 1.54) is 25.7 Å². The molecule has 0 aromatic carbocycles. The monoisotopic (exact) mass is 271 g/mol. The van der Waals surface area contributed by atoms with Gasteiger partial charge >= 0.3 is 0 Å². The van der Waals surface area contributed by atoms with E-state index < -0.39 is 0 Å². The molecule has 0 atom stereocenters. The van der Waals surface area contributed by atoms with Crippen molar-refractivity contribution in [1.29, 1.82) is 0 Å². The van der Waals surface area contributed by atoms with Crippen LogP contribution in [0, 0.1) is 0 Å². The first-order valence-electron chi connectivity index (χ1n) is 8.04. The van der Waals surface area contributed by atoms with Crippen LogP contribution in [0.15, 0.2) is 0 Å². The summed E-state index contributed by atoms with van der Waals surface area (Å²) >= 11 is 0. The molecule has 1 fully saturated rings. The quantitative estimate of drug-likeness (QED) is 0.412. The van der Waals surface area contributed by atoms with Gasteiger partial charge in [0.15, 0.2) is 0 Å². The van der Waals surface area contributed by atoms with Gasteiger partial charge in [0.25, 0.3) is 0 Å². The van der Waals surface area contributed by atoms with E-state index in [9.17, 15) is 0 Å². The fourth-order valence-corrected chi connectivity index (χ4v) is 2.19. The third kappa shape index (κ3) is 12.6. The van der Waals surface area contributed by atoms with Gasteiger partial charge in [-0.3, -0.25) is 0 Å². The fourth-order valence-electron chi connectivity index (χ4n) is 2.19. The van der Waals surface area contributed by atoms with Crippen molar-refractivity contribution in [2.75, 3.05) is 65.4 Å². The van der Waals surface area contributed by atoms with Crippen molar-refractivity contribution in [2.24, 2.45) is 0 Å². The van der Waals surface area contributed by atoms with E-state index in [2.05, 4.69) is 26.6 Å². The molecule has 0 bridgehead atoms. The molecule has 0 aliphatic carbocycles. The van der Waals surface area contributed by atoms with Crippen LogP contribution in [0.4, 0.5) is 0 Å². The molecule has 19 heavy (non-hydrogen) atoms. The fraction of sp³-hybridized carbons (Fsp3) is 1.00. The molecule has 5 nitrogen and oxygen atoms in total. The number of hydrogen-bond donors (Lipinski definition) is 5. The molecule has 5 heteroatoms. The van der Waals surface area contributed by atoms with Gasteiger partial charge < -0.3 is 26.6 Å². The SMILES string of the molecule is C1CCCNCCNCCNCCNCCNCC1. The molecule has 5 N–H and O–H groups in total. The molecule has 0 radical (unpaired) electrons. The lowest BCUT2D eigenvalue weighted by Crippen LogP contribution is -2.36. The second-order valence-electron chi connectivity index (χ2n) is 5.16. The van der Waals surface area contributed by atoms with Gasteiger partial charge in [-0.15, -0.1) is 0 Å². The Balaban J connectivity index is 2.01. The predicted octanol–water partition coefficient (Wildman–Crippen LogP) is -0.492. The average Bonchev–Trinajstić information content (AvgIpc) is 2.43. The molecule has 0 saturated carbocycles. The molecule has 1 saturated heterocycles. The Kier molecular flexibility index (Phi) is 12.6. The van der Waals surface area contributed by atoms with Crippen LogP contribution in [0.5, 0.6) is 0 Å². The first-order chi connectivity index (χ1) is 9.50. The largest absolute Gasteiger partial charge is 0.315 e. The van der Waals surface area contributed by atoms with E-state index in [1.54, 1.807) is 0 Å². The summed E-state index contributed by atoms with van der Waals surface area (Å²) in [5.74, 6) is 0. The van der Waals surface area contributed by atoms with Gasteiger partial charge in [-0.2, -0.15) is 0 Å². The standard InChI is InChI=1S/C14H33N5/c1-2-4-6-16-8-10-18-12-14-19-13-11-17-9-7-15-5-3-1/h15-19H,1-14H2. The van der Waals surface area contributed by atoms with Crippen molar-refractivity contribution in [3.8, 4) is 0 Å². The zero-order valence-corrected chi connectivity index (χ0v) is 12.4. The molecule has 0 amide bonds. The van der Waals surface area contributed by atoms with Gasteiger partial charge in [0.1, 0.15) is 0 Å². The lowest BCUT2D eigenvalue weighted by molar-refractivity contribution is 0.551. The minimum absolute atomic E-state index is 1.06. The molecule has 0 aromatic heterocycles. The summed E-state index contributed by atoms with van der Waals surface area (Å²) in [6.07, 6.45) is 5.32. The minimum Gasteiger partial charge on any atom is -0.315 e. The van der Waals surface area contributed by atoms with Crippen LogP contribution in [-0.2, 0) is 0 Å². The van der Waals surface area contributed by atoms with Gasteiger partial charge in [-0.25, -0.2) is 0 Å². The Bertz CT molecular complexity index is 96.5. The summed E-state index contributed by atoms with van der Waals surface area (Å²) in [7, 11) is 0. The first kappa shape index (κ1) is 16.9. The van der Waals surface area contributed by atoms with Crippen LogP contribution in [-0.4, -0.2) is 65.4 Å². The van der Waals surface area contributed by atoms with E-state index in [0.717, 1.165) is 65.4 Å². The topological polar surface area (TPSA) is 60.1 Å². The van der Waals surface area contributed by atoms with Crippen LogP contribution in [0.1, 0.15) is 25.7 Å². The third-order valence-electron chi connectivity index (χ3n) is 3.37. The Labute approximate surface area is 118 Å². The Morgan fingerprint density at radius 2 is 0.526 bits per heavy atom. The van der Waals surface area contributed by atoms with Crippen molar-refractivity contribution in [3.63, 3.8) is 0 Å². The average molecular weight is 271 g/mol. The van der Waals surface area contributed by atoms with E-state index in [-0.39, 0.29) is 0 Å². The smallest absolute Gasteiger partial charge is 0.00772 e. The summed E-state index contributed by atoms with van der Waals surface area (Å²) in [6, 6.07) is 0. The van der Waals surface area contributed by atoms with Gasteiger partial charge in [0.05, 0.1) is 0 Å². The second kappa shape index (κ2) is 14.2. The summed E-state index contributed by atoms with van der Waals surface area (Å²) in [6.45, 7) is 10.9. The van der Waals surface area contributed by atoms with Crippen LogP contribution in [0.25, 0.3) is 0 Å².